The minimum atomic E-state index is -0.214. The molecule has 122 valence electrons. The number of hydrogen-bond donors (Lipinski definition) is 1. The van der Waals surface area contributed by atoms with Crippen LogP contribution in [0.2, 0.25) is 0 Å². The summed E-state index contributed by atoms with van der Waals surface area (Å²) in [4.78, 5) is 11.1. The van der Waals surface area contributed by atoms with Crippen LogP contribution < -0.4 is 10.2 Å². The molecule has 1 saturated heterocycles. The van der Waals surface area contributed by atoms with E-state index in [0.717, 1.165) is 30.2 Å². The molecule has 0 amide bonds. The van der Waals surface area contributed by atoms with Crippen LogP contribution >= 0.6 is 0 Å². The molecule has 1 aromatic carbocycles. The molecule has 0 saturated carbocycles. The van der Waals surface area contributed by atoms with E-state index in [1.54, 1.807) is 18.5 Å². The monoisotopic (exact) mass is 314 g/mol. The summed E-state index contributed by atoms with van der Waals surface area (Å²) in [6.45, 7) is 3.92. The number of benzene rings is 1. The van der Waals surface area contributed by atoms with Gasteiger partial charge in [0.15, 0.2) is 0 Å². The maximum absolute atomic E-state index is 12.9. The second kappa shape index (κ2) is 7.40. The van der Waals surface area contributed by atoms with Crippen molar-refractivity contribution in [3.63, 3.8) is 0 Å². The highest BCUT2D eigenvalue weighted by Crippen LogP contribution is 2.25. The average molecular weight is 314 g/mol. The van der Waals surface area contributed by atoms with Gasteiger partial charge in [0.25, 0.3) is 0 Å². The van der Waals surface area contributed by atoms with E-state index in [1.807, 2.05) is 6.07 Å². The van der Waals surface area contributed by atoms with Gasteiger partial charge >= 0.3 is 0 Å². The molecule has 2 aromatic rings. The highest BCUT2D eigenvalue weighted by Gasteiger charge is 2.22. The van der Waals surface area contributed by atoms with Crippen molar-refractivity contribution in [3.8, 4) is 0 Å². The molecule has 0 radical (unpaired) electrons. The molecule has 1 aliphatic rings. The first-order valence-electron chi connectivity index (χ1n) is 8.33. The second-order valence-corrected chi connectivity index (χ2v) is 5.99. The van der Waals surface area contributed by atoms with E-state index in [9.17, 15) is 4.39 Å². The molecule has 4 nitrogen and oxygen atoms in total. The van der Waals surface area contributed by atoms with Gasteiger partial charge in [-0.2, -0.15) is 0 Å². The number of nitrogens with one attached hydrogen (secondary N) is 1. The van der Waals surface area contributed by atoms with Gasteiger partial charge in [0.1, 0.15) is 23.8 Å². The Bertz CT molecular complexity index is 629. The van der Waals surface area contributed by atoms with Gasteiger partial charge in [0, 0.05) is 25.2 Å². The third-order valence-electron chi connectivity index (χ3n) is 4.43. The molecule has 0 aliphatic carbocycles. The number of rotatable bonds is 5. The lowest BCUT2D eigenvalue weighted by Gasteiger charge is -2.36. The fraction of sp³-hybridized carbons (Fsp3) is 0.444. The zero-order valence-corrected chi connectivity index (χ0v) is 13.5. The van der Waals surface area contributed by atoms with Crippen LogP contribution in [0.5, 0.6) is 0 Å². The van der Waals surface area contributed by atoms with E-state index in [0.29, 0.717) is 12.6 Å². The fourth-order valence-electron chi connectivity index (χ4n) is 3.12. The van der Waals surface area contributed by atoms with Crippen molar-refractivity contribution in [2.45, 2.75) is 45.2 Å². The van der Waals surface area contributed by atoms with Gasteiger partial charge in [-0.05, 0) is 43.4 Å². The smallest absolute Gasteiger partial charge is 0.134 e. The lowest BCUT2D eigenvalue weighted by atomic mass is 10.0. The molecule has 1 unspecified atom stereocenters. The highest BCUT2D eigenvalue weighted by atomic mass is 19.1. The summed E-state index contributed by atoms with van der Waals surface area (Å²) in [5, 5.41) is 3.29. The number of halogens is 1. The Morgan fingerprint density at radius 2 is 2.04 bits per heavy atom. The van der Waals surface area contributed by atoms with Crippen LogP contribution in [-0.4, -0.2) is 22.6 Å². The van der Waals surface area contributed by atoms with Gasteiger partial charge in [-0.25, -0.2) is 14.4 Å². The number of nitrogens with zero attached hydrogens (tertiary/aromatic N) is 3. The second-order valence-electron chi connectivity index (χ2n) is 5.99. The Morgan fingerprint density at radius 1 is 1.22 bits per heavy atom. The number of piperidine rings is 1. The molecule has 1 aromatic heterocycles. The number of aromatic nitrogens is 2. The largest absolute Gasteiger partial charge is 0.366 e. The molecule has 1 atom stereocenters. The van der Waals surface area contributed by atoms with Crippen molar-refractivity contribution < 1.29 is 4.39 Å². The zero-order chi connectivity index (χ0) is 16.1. The van der Waals surface area contributed by atoms with Crippen molar-refractivity contribution >= 4 is 11.6 Å². The molecule has 5 heteroatoms. The molecule has 0 spiro atoms. The van der Waals surface area contributed by atoms with E-state index in [4.69, 9.17) is 0 Å². The molecular weight excluding hydrogens is 291 g/mol. The summed E-state index contributed by atoms with van der Waals surface area (Å²) >= 11 is 0. The summed E-state index contributed by atoms with van der Waals surface area (Å²) in [5.74, 6) is 1.58. The standard InChI is InChI=1S/C18H23FN4/c1-2-16-5-3-4-10-23(16)18-11-17(21-13-22-18)20-12-14-6-8-15(19)9-7-14/h6-9,11,13,16H,2-5,10,12H2,1H3,(H,20,21,22). The molecule has 23 heavy (non-hydrogen) atoms. The average Bonchev–Trinajstić information content (AvgIpc) is 2.61. The van der Waals surface area contributed by atoms with Crippen molar-refractivity contribution in [2.24, 2.45) is 0 Å². The maximum atomic E-state index is 12.9. The van der Waals surface area contributed by atoms with Gasteiger partial charge in [-0.3, -0.25) is 0 Å². The van der Waals surface area contributed by atoms with E-state index in [2.05, 4.69) is 27.1 Å². The highest BCUT2D eigenvalue weighted by molar-refractivity contribution is 5.49. The van der Waals surface area contributed by atoms with Crippen LogP contribution in [0, 0.1) is 5.82 Å². The zero-order valence-electron chi connectivity index (χ0n) is 13.5. The molecule has 2 heterocycles. The van der Waals surface area contributed by atoms with Crippen molar-refractivity contribution in [1.29, 1.82) is 0 Å². The summed E-state index contributed by atoms with van der Waals surface area (Å²) in [6.07, 6.45) is 6.51. The normalized spacial score (nSPS) is 18.0. The Labute approximate surface area is 136 Å². The SMILES string of the molecule is CCC1CCCCN1c1cc(NCc2ccc(F)cc2)ncn1. The van der Waals surface area contributed by atoms with E-state index in [1.165, 1.54) is 31.4 Å². The van der Waals surface area contributed by atoms with Crippen LogP contribution in [0.15, 0.2) is 36.7 Å². The van der Waals surface area contributed by atoms with E-state index < -0.39 is 0 Å². The number of hydrogen-bond acceptors (Lipinski definition) is 4. The van der Waals surface area contributed by atoms with Crippen molar-refractivity contribution in [1.82, 2.24) is 9.97 Å². The predicted molar refractivity (Wildman–Crippen MR) is 91.0 cm³/mol. The predicted octanol–water partition coefficient (Wildman–Crippen LogP) is 4.00. The Hall–Kier alpha value is -2.17. The van der Waals surface area contributed by atoms with Gasteiger partial charge in [0.2, 0.25) is 0 Å². The quantitative estimate of drug-likeness (QED) is 0.906. The molecular formula is C18H23FN4. The Balaban J connectivity index is 1.68. The molecule has 1 fully saturated rings. The summed E-state index contributed by atoms with van der Waals surface area (Å²) in [7, 11) is 0. The third kappa shape index (κ3) is 3.97. The maximum Gasteiger partial charge on any atom is 0.134 e. The molecule has 0 bridgehead atoms. The number of anilines is 2. The minimum absolute atomic E-state index is 0.214. The van der Waals surface area contributed by atoms with Crippen molar-refractivity contribution in [2.75, 3.05) is 16.8 Å². The first-order valence-corrected chi connectivity index (χ1v) is 8.33. The van der Waals surface area contributed by atoms with E-state index in [-0.39, 0.29) is 5.82 Å². The van der Waals surface area contributed by atoms with Gasteiger partial charge < -0.3 is 10.2 Å². The Kier molecular flexibility index (Phi) is 5.05. The van der Waals surface area contributed by atoms with Crippen LogP contribution in [-0.2, 0) is 6.54 Å². The van der Waals surface area contributed by atoms with Gasteiger partial charge in [-0.1, -0.05) is 19.1 Å². The first kappa shape index (κ1) is 15.7. The molecule has 3 rings (SSSR count). The summed E-state index contributed by atoms with van der Waals surface area (Å²) in [6, 6.07) is 9.09. The lowest BCUT2D eigenvalue weighted by molar-refractivity contribution is 0.446. The topological polar surface area (TPSA) is 41.0 Å². The van der Waals surface area contributed by atoms with Gasteiger partial charge in [-0.15, -0.1) is 0 Å². The third-order valence-corrected chi connectivity index (χ3v) is 4.43. The molecule has 1 N–H and O–H groups in total. The van der Waals surface area contributed by atoms with Crippen molar-refractivity contribution in [3.05, 3.63) is 48.0 Å². The molecule has 1 aliphatic heterocycles. The van der Waals surface area contributed by atoms with Gasteiger partial charge in [0.05, 0.1) is 0 Å². The lowest BCUT2D eigenvalue weighted by Crippen LogP contribution is -2.39. The van der Waals surface area contributed by atoms with Crippen LogP contribution in [0.25, 0.3) is 0 Å². The first-order chi connectivity index (χ1) is 11.3. The Morgan fingerprint density at radius 3 is 2.83 bits per heavy atom. The van der Waals surface area contributed by atoms with E-state index >= 15 is 0 Å². The minimum Gasteiger partial charge on any atom is -0.366 e. The fourth-order valence-corrected chi connectivity index (χ4v) is 3.12. The summed E-state index contributed by atoms with van der Waals surface area (Å²) in [5.41, 5.74) is 1.02. The summed E-state index contributed by atoms with van der Waals surface area (Å²) < 4.78 is 12.9. The van der Waals surface area contributed by atoms with Crippen LogP contribution in [0.1, 0.15) is 38.2 Å². The van der Waals surface area contributed by atoms with Crippen LogP contribution in [0.4, 0.5) is 16.0 Å². The van der Waals surface area contributed by atoms with Crippen LogP contribution in [0.3, 0.4) is 0 Å².